The molecule has 1 N–H and O–H groups in total. The van der Waals surface area contributed by atoms with Crippen molar-refractivity contribution in [3.63, 3.8) is 0 Å². The predicted octanol–water partition coefficient (Wildman–Crippen LogP) is 0.860. The number of hydrogen-bond acceptors (Lipinski definition) is 3. The van der Waals surface area contributed by atoms with Crippen molar-refractivity contribution in [1.29, 1.82) is 0 Å². The third-order valence-corrected chi connectivity index (χ3v) is 4.06. The van der Waals surface area contributed by atoms with Gasteiger partial charge in [0.2, 0.25) is 0 Å². The second-order valence-electron chi connectivity index (χ2n) is 3.58. The molecule has 2 rings (SSSR count). The van der Waals surface area contributed by atoms with E-state index in [2.05, 4.69) is 10.3 Å². The molecule has 1 aromatic heterocycles. The highest BCUT2D eigenvalue weighted by atomic mass is 32.2. The van der Waals surface area contributed by atoms with E-state index in [-0.39, 0.29) is 5.25 Å². The fourth-order valence-corrected chi connectivity index (χ4v) is 3.01. The van der Waals surface area contributed by atoms with Crippen LogP contribution in [0.3, 0.4) is 0 Å². The fraction of sp³-hybridized carbons (Fsp3) is 0.500. The summed E-state index contributed by atoms with van der Waals surface area (Å²) in [6.45, 7) is 3.82. The summed E-state index contributed by atoms with van der Waals surface area (Å²) in [5, 5.41) is 4.18. The van der Waals surface area contributed by atoms with E-state index in [0.717, 1.165) is 30.1 Å². The lowest BCUT2D eigenvalue weighted by atomic mass is 10.3. The molecule has 14 heavy (non-hydrogen) atoms. The molecule has 0 saturated carbocycles. The molecule has 1 fully saturated rings. The summed E-state index contributed by atoms with van der Waals surface area (Å²) in [6, 6.07) is 3.84. The molecule has 0 aromatic carbocycles. The second kappa shape index (κ2) is 4.19. The minimum absolute atomic E-state index is 0.240. The molecule has 2 heterocycles. The van der Waals surface area contributed by atoms with E-state index in [4.69, 9.17) is 0 Å². The summed E-state index contributed by atoms with van der Waals surface area (Å²) in [7, 11) is -0.943. The lowest BCUT2D eigenvalue weighted by Crippen LogP contribution is -2.19. The first-order valence-corrected chi connectivity index (χ1v) is 6.02. The van der Waals surface area contributed by atoms with Crippen molar-refractivity contribution in [3.05, 3.63) is 23.9 Å². The van der Waals surface area contributed by atoms with Gasteiger partial charge in [0.25, 0.3) is 0 Å². The number of aryl methyl sites for hydroxylation is 1. The summed E-state index contributed by atoms with van der Waals surface area (Å²) in [5.41, 5.74) is 1.12. The topological polar surface area (TPSA) is 42.0 Å². The van der Waals surface area contributed by atoms with E-state index in [1.807, 2.05) is 19.1 Å². The first-order valence-electron chi connectivity index (χ1n) is 4.81. The van der Waals surface area contributed by atoms with Crippen LogP contribution in [-0.4, -0.2) is 27.5 Å². The zero-order valence-corrected chi connectivity index (χ0v) is 9.01. The summed E-state index contributed by atoms with van der Waals surface area (Å²) in [6.07, 6.45) is 2.72. The molecule has 76 valence electrons. The molecule has 3 nitrogen and oxygen atoms in total. The molecule has 1 aliphatic rings. The Morgan fingerprint density at radius 2 is 2.50 bits per heavy atom. The van der Waals surface area contributed by atoms with Gasteiger partial charge in [-0.25, -0.2) is 4.98 Å². The SMILES string of the molecule is Cc1ccnc(S(=O)[C@H]2CCNC2)c1. The molecule has 1 saturated heterocycles. The quantitative estimate of drug-likeness (QED) is 0.787. The Morgan fingerprint density at radius 1 is 1.64 bits per heavy atom. The summed E-state index contributed by atoms with van der Waals surface area (Å²) in [5.74, 6) is 0. The van der Waals surface area contributed by atoms with Crippen molar-refractivity contribution in [1.82, 2.24) is 10.3 Å². The van der Waals surface area contributed by atoms with Gasteiger partial charge in [0, 0.05) is 12.7 Å². The van der Waals surface area contributed by atoms with Crippen LogP contribution in [0.4, 0.5) is 0 Å². The van der Waals surface area contributed by atoms with Crippen LogP contribution in [0, 0.1) is 6.92 Å². The van der Waals surface area contributed by atoms with Crippen LogP contribution in [0.5, 0.6) is 0 Å². The lowest BCUT2D eigenvalue weighted by molar-refractivity contribution is 0.669. The minimum Gasteiger partial charge on any atom is -0.315 e. The van der Waals surface area contributed by atoms with Gasteiger partial charge in [0.15, 0.2) is 0 Å². The maximum Gasteiger partial charge on any atom is 0.127 e. The van der Waals surface area contributed by atoms with Crippen LogP contribution < -0.4 is 5.32 Å². The van der Waals surface area contributed by atoms with E-state index in [1.165, 1.54) is 0 Å². The molecule has 1 aromatic rings. The first-order chi connectivity index (χ1) is 6.77. The van der Waals surface area contributed by atoms with Gasteiger partial charge in [-0.2, -0.15) is 0 Å². The monoisotopic (exact) mass is 210 g/mol. The standard InChI is InChI=1S/C10H14N2OS/c1-8-2-5-12-10(6-8)14(13)9-3-4-11-7-9/h2,5-6,9,11H,3-4,7H2,1H3/t9-,14?/m0/s1. The smallest absolute Gasteiger partial charge is 0.127 e. The molecule has 2 atom stereocenters. The van der Waals surface area contributed by atoms with Crippen LogP contribution in [0.1, 0.15) is 12.0 Å². The lowest BCUT2D eigenvalue weighted by Gasteiger charge is -2.07. The average molecular weight is 210 g/mol. The second-order valence-corrected chi connectivity index (χ2v) is 5.26. The number of aromatic nitrogens is 1. The molecular formula is C10H14N2OS. The van der Waals surface area contributed by atoms with E-state index in [0.29, 0.717) is 0 Å². The maximum atomic E-state index is 12.0. The normalized spacial score (nSPS) is 23.6. The Labute approximate surface area is 86.4 Å². The van der Waals surface area contributed by atoms with Gasteiger partial charge in [-0.05, 0) is 37.6 Å². The molecular weight excluding hydrogens is 196 g/mol. The van der Waals surface area contributed by atoms with E-state index in [9.17, 15) is 4.21 Å². The van der Waals surface area contributed by atoms with Crippen molar-refractivity contribution in [2.45, 2.75) is 23.6 Å². The maximum absolute atomic E-state index is 12.0. The Hall–Kier alpha value is -0.740. The van der Waals surface area contributed by atoms with Crippen LogP contribution in [0.25, 0.3) is 0 Å². The number of hydrogen-bond donors (Lipinski definition) is 1. The predicted molar refractivity (Wildman–Crippen MR) is 56.7 cm³/mol. The number of nitrogens with zero attached hydrogens (tertiary/aromatic N) is 1. The summed E-state index contributed by atoms with van der Waals surface area (Å²) >= 11 is 0. The van der Waals surface area contributed by atoms with Gasteiger partial charge >= 0.3 is 0 Å². The number of pyridine rings is 1. The zero-order chi connectivity index (χ0) is 9.97. The number of nitrogens with one attached hydrogen (secondary N) is 1. The largest absolute Gasteiger partial charge is 0.315 e. The minimum atomic E-state index is -0.943. The Bertz CT molecular complexity index is 348. The van der Waals surface area contributed by atoms with Crippen molar-refractivity contribution in [3.8, 4) is 0 Å². The van der Waals surface area contributed by atoms with Crippen molar-refractivity contribution in [2.24, 2.45) is 0 Å². The average Bonchev–Trinajstić information content (AvgIpc) is 2.69. The molecule has 0 spiro atoms. The highest BCUT2D eigenvalue weighted by Gasteiger charge is 2.22. The fourth-order valence-electron chi connectivity index (χ4n) is 1.60. The van der Waals surface area contributed by atoms with E-state index >= 15 is 0 Å². The number of rotatable bonds is 2. The van der Waals surface area contributed by atoms with Gasteiger partial charge < -0.3 is 5.32 Å². The molecule has 1 aliphatic heterocycles. The van der Waals surface area contributed by atoms with Crippen molar-refractivity contribution in [2.75, 3.05) is 13.1 Å². The Kier molecular flexibility index (Phi) is 2.93. The van der Waals surface area contributed by atoms with Gasteiger partial charge in [0.05, 0.1) is 16.0 Å². The molecule has 1 unspecified atom stereocenters. The first kappa shape index (κ1) is 9.80. The summed E-state index contributed by atoms with van der Waals surface area (Å²) in [4.78, 5) is 4.16. The van der Waals surface area contributed by atoms with Crippen LogP contribution in [-0.2, 0) is 10.8 Å². The zero-order valence-electron chi connectivity index (χ0n) is 8.19. The van der Waals surface area contributed by atoms with Gasteiger partial charge in [0.1, 0.15) is 5.03 Å². The van der Waals surface area contributed by atoms with E-state index in [1.54, 1.807) is 6.20 Å². The van der Waals surface area contributed by atoms with E-state index < -0.39 is 10.8 Å². The van der Waals surface area contributed by atoms with Gasteiger partial charge in [-0.1, -0.05) is 0 Å². The Morgan fingerprint density at radius 3 is 3.14 bits per heavy atom. The highest BCUT2D eigenvalue weighted by molar-refractivity contribution is 7.85. The van der Waals surface area contributed by atoms with Crippen molar-refractivity contribution >= 4 is 10.8 Å². The van der Waals surface area contributed by atoms with Crippen LogP contribution >= 0.6 is 0 Å². The van der Waals surface area contributed by atoms with Crippen LogP contribution in [0.2, 0.25) is 0 Å². The van der Waals surface area contributed by atoms with Crippen molar-refractivity contribution < 1.29 is 4.21 Å². The Balaban J connectivity index is 2.17. The van der Waals surface area contributed by atoms with Gasteiger partial charge in [-0.15, -0.1) is 0 Å². The molecule has 0 bridgehead atoms. The molecule has 0 radical (unpaired) electrons. The third-order valence-electron chi connectivity index (χ3n) is 2.41. The van der Waals surface area contributed by atoms with Crippen LogP contribution in [0.15, 0.2) is 23.4 Å². The molecule has 0 aliphatic carbocycles. The summed E-state index contributed by atoms with van der Waals surface area (Å²) < 4.78 is 12.0. The van der Waals surface area contributed by atoms with Gasteiger partial charge in [-0.3, -0.25) is 4.21 Å². The highest BCUT2D eigenvalue weighted by Crippen LogP contribution is 2.14. The molecule has 0 amide bonds. The third kappa shape index (κ3) is 2.01. The molecule has 4 heteroatoms.